The summed E-state index contributed by atoms with van der Waals surface area (Å²) < 4.78 is 6.72. The number of aromatic nitrogens is 4. The Balaban J connectivity index is 0.744. The van der Waals surface area contributed by atoms with Crippen LogP contribution >= 0.6 is 11.3 Å². The summed E-state index contributed by atoms with van der Waals surface area (Å²) >= 11 is 1.75. The normalized spacial score (nSPS) is 21.0. The number of rotatable bonds is 9. The van der Waals surface area contributed by atoms with Gasteiger partial charge in [0, 0.05) is 93.7 Å². The highest BCUT2D eigenvalue weighted by Crippen LogP contribution is 2.38. The summed E-state index contributed by atoms with van der Waals surface area (Å²) in [4.78, 5) is 58.4. The Morgan fingerprint density at radius 1 is 0.855 bits per heavy atom. The van der Waals surface area contributed by atoms with Crippen molar-refractivity contribution in [2.45, 2.75) is 83.7 Å². The van der Waals surface area contributed by atoms with E-state index in [9.17, 15) is 19.8 Å². The maximum absolute atomic E-state index is 14.1. The van der Waals surface area contributed by atoms with Gasteiger partial charge in [-0.2, -0.15) is 0 Å². The number of carbonyl (C=O) groups is 2. The van der Waals surface area contributed by atoms with Crippen LogP contribution in [0.1, 0.15) is 82.9 Å². The molecule has 5 aliphatic rings. The van der Waals surface area contributed by atoms with Gasteiger partial charge in [0.15, 0.2) is 11.6 Å². The number of amides is 2. The van der Waals surface area contributed by atoms with E-state index in [0.29, 0.717) is 55.7 Å². The van der Waals surface area contributed by atoms with Gasteiger partial charge in [-0.25, -0.2) is 19.9 Å². The van der Waals surface area contributed by atoms with Gasteiger partial charge in [0.05, 0.1) is 34.6 Å². The van der Waals surface area contributed by atoms with Gasteiger partial charge in [-0.1, -0.05) is 32.0 Å². The number of nitrogens with two attached hydrogens (primary N) is 1. The number of nitrogen functional groups attached to an aromatic ring is 1. The second-order valence-electron chi connectivity index (χ2n) is 17.9. The van der Waals surface area contributed by atoms with Crippen LogP contribution in [0.5, 0.6) is 11.5 Å². The number of aromatic hydroxyl groups is 2. The predicted octanol–water partition coefficient (Wildman–Crippen LogP) is 5.35. The number of piperidine rings is 1. The first kappa shape index (κ1) is 40.6. The zero-order chi connectivity index (χ0) is 42.6. The van der Waals surface area contributed by atoms with Crippen LogP contribution < -0.4 is 10.6 Å². The van der Waals surface area contributed by atoms with E-state index in [0.717, 1.165) is 111 Å². The first-order valence-corrected chi connectivity index (χ1v) is 22.8. The molecule has 324 valence electrons. The summed E-state index contributed by atoms with van der Waals surface area (Å²) in [5, 5.41) is 20.9. The molecule has 8 heterocycles. The van der Waals surface area contributed by atoms with Gasteiger partial charge in [-0.05, 0) is 79.1 Å². The van der Waals surface area contributed by atoms with Gasteiger partial charge >= 0.3 is 0 Å². The number of benzene rings is 2. The summed E-state index contributed by atoms with van der Waals surface area (Å²) in [5.74, 6) is 1.65. The number of piperazine rings is 1. The Labute approximate surface area is 365 Å². The highest BCUT2D eigenvalue weighted by atomic mass is 32.1. The van der Waals surface area contributed by atoms with Gasteiger partial charge in [-0.15, -0.1) is 11.3 Å². The number of phenols is 2. The van der Waals surface area contributed by atoms with Crippen LogP contribution in [0, 0.1) is 5.92 Å². The molecule has 4 saturated heterocycles. The molecule has 0 radical (unpaired) electrons. The lowest BCUT2D eigenvalue weighted by molar-refractivity contribution is -0.140. The minimum Gasteiger partial charge on any atom is -0.508 e. The van der Waals surface area contributed by atoms with Crippen LogP contribution in [0.2, 0.25) is 0 Å². The van der Waals surface area contributed by atoms with Crippen molar-refractivity contribution in [3.63, 3.8) is 0 Å². The fourth-order valence-corrected chi connectivity index (χ4v) is 11.3. The molecule has 2 aromatic carbocycles. The van der Waals surface area contributed by atoms with Crippen LogP contribution in [0.15, 0.2) is 48.8 Å². The van der Waals surface area contributed by atoms with E-state index < -0.39 is 0 Å². The Morgan fingerprint density at radius 3 is 2.31 bits per heavy atom. The molecule has 5 aliphatic heterocycles. The fraction of sp³-hybridized carbons (Fsp3) is 0.478. The average Bonchev–Trinajstić information content (AvgIpc) is 3.95. The lowest BCUT2D eigenvalue weighted by Crippen LogP contribution is -2.56. The number of morpholine rings is 1. The average molecular weight is 859 g/mol. The molecular weight excluding hydrogens is 805 g/mol. The summed E-state index contributed by atoms with van der Waals surface area (Å²) in [6, 6.07) is 12.3. The molecule has 15 nitrogen and oxygen atoms in total. The molecular formula is C46H54N10O5S. The van der Waals surface area contributed by atoms with Gasteiger partial charge in [0.25, 0.3) is 5.91 Å². The first-order valence-electron chi connectivity index (χ1n) is 22.0. The van der Waals surface area contributed by atoms with Crippen LogP contribution in [0.25, 0.3) is 21.6 Å². The van der Waals surface area contributed by atoms with E-state index in [1.165, 1.54) is 16.5 Å². The topological polar surface area (TPSA) is 178 Å². The Morgan fingerprint density at radius 2 is 1.58 bits per heavy atom. The number of likely N-dealkylation sites (tertiary alicyclic amines) is 2. The van der Waals surface area contributed by atoms with Crippen LogP contribution in [0.4, 0.5) is 11.8 Å². The van der Waals surface area contributed by atoms with Crippen molar-refractivity contribution in [1.29, 1.82) is 0 Å². The monoisotopic (exact) mass is 858 g/mol. The van der Waals surface area contributed by atoms with E-state index >= 15 is 0 Å². The van der Waals surface area contributed by atoms with Gasteiger partial charge < -0.3 is 35.4 Å². The highest BCUT2D eigenvalue weighted by Gasteiger charge is 2.43. The van der Waals surface area contributed by atoms with Gasteiger partial charge in [0.2, 0.25) is 11.9 Å². The number of anilines is 2. The van der Waals surface area contributed by atoms with E-state index in [1.54, 1.807) is 34.7 Å². The third-order valence-electron chi connectivity index (χ3n) is 13.5. The SMILES string of the molecule is CC(C)c1cc(C(=O)N2Cc3ccc(CN4C5CCC4CN(C(=O)C4CCN(Cc6cc7nc(-c8cnc(N)nc8)nc(N8CCOCC8)c7s6)CC4)C5)cc3C2)c(O)cc1O. The van der Waals surface area contributed by atoms with Crippen LogP contribution in [-0.2, 0) is 35.7 Å². The molecule has 5 aromatic rings. The first-order chi connectivity index (χ1) is 30.0. The van der Waals surface area contributed by atoms with Crippen molar-refractivity contribution < 1.29 is 24.5 Å². The number of hydrogen-bond donors (Lipinski definition) is 3. The van der Waals surface area contributed by atoms with Crippen molar-refractivity contribution in [3.05, 3.63) is 81.5 Å². The number of phenolic OH excluding ortho intramolecular Hbond substituents is 2. The lowest BCUT2D eigenvalue weighted by Gasteiger charge is -2.43. The molecule has 62 heavy (non-hydrogen) atoms. The number of ether oxygens (including phenoxy) is 1. The van der Waals surface area contributed by atoms with Gasteiger partial charge in [0.1, 0.15) is 11.5 Å². The Kier molecular flexibility index (Phi) is 10.9. The number of carbonyl (C=O) groups excluding carboxylic acids is 2. The van der Waals surface area contributed by atoms with Crippen molar-refractivity contribution in [1.82, 2.24) is 39.5 Å². The summed E-state index contributed by atoms with van der Waals surface area (Å²) in [6.45, 7) is 12.7. The smallest absolute Gasteiger partial charge is 0.258 e. The molecule has 3 aromatic heterocycles. The minimum absolute atomic E-state index is 0.00116. The lowest BCUT2D eigenvalue weighted by atomic mass is 9.94. The molecule has 4 fully saturated rings. The molecule has 10 rings (SSSR count). The molecule has 0 spiro atoms. The fourth-order valence-electron chi connectivity index (χ4n) is 10.2. The molecule has 2 amide bonds. The van der Waals surface area contributed by atoms with Crippen molar-refractivity contribution in [2.75, 3.05) is 63.1 Å². The molecule has 2 unspecified atom stereocenters. The maximum atomic E-state index is 14.1. The zero-order valence-electron chi connectivity index (χ0n) is 35.4. The number of hydrogen-bond acceptors (Lipinski definition) is 14. The highest BCUT2D eigenvalue weighted by molar-refractivity contribution is 7.19. The quantitative estimate of drug-likeness (QED) is 0.173. The van der Waals surface area contributed by atoms with Crippen molar-refractivity contribution >= 4 is 45.1 Å². The third-order valence-corrected chi connectivity index (χ3v) is 14.7. The zero-order valence-corrected chi connectivity index (χ0v) is 36.2. The minimum atomic E-state index is -0.238. The molecule has 4 N–H and O–H groups in total. The number of fused-ring (bicyclic) bond motifs is 4. The number of thiophene rings is 1. The summed E-state index contributed by atoms with van der Waals surface area (Å²) in [7, 11) is 0. The molecule has 16 heteroatoms. The predicted molar refractivity (Wildman–Crippen MR) is 237 cm³/mol. The molecule has 2 bridgehead atoms. The molecule has 0 aliphatic carbocycles. The van der Waals surface area contributed by atoms with E-state index in [4.69, 9.17) is 20.4 Å². The Bertz CT molecular complexity index is 2490. The largest absolute Gasteiger partial charge is 0.508 e. The number of nitrogens with zero attached hydrogens (tertiary/aromatic N) is 9. The maximum Gasteiger partial charge on any atom is 0.258 e. The molecule has 0 saturated carbocycles. The van der Waals surface area contributed by atoms with Crippen molar-refractivity contribution in [2.24, 2.45) is 5.92 Å². The van der Waals surface area contributed by atoms with Crippen LogP contribution in [-0.4, -0.2) is 126 Å². The summed E-state index contributed by atoms with van der Waals surface area (Å²) in [6.07, 6.45) is 7.25. The van der Waals surface area contributed by atoms with Crippen LogP contribution in [0.3, 0.4) is 0 Å². The standard InChI is InChI=1S/C46H54N10O5S/c1-27(2)36-17-37(40(58)18-39(36)57)45(60)54-22-30-4-3-28(15-31(30)23-54)21-56-33-5-6-34(56)25-55(24-33)44(59)29-7-9-52(10-8-29)26-35-16-38-41(62-35)43(53-11-13-61-14-12-53)51-42(50-38)32-19-48-46(47)49-20-32/h3-4,15-20,27,29,33-34,57-58H,5-14,21-26H2,1-2H3,(H2,47,48,49). The summed E-state index contributed by atoms with van der Waals surface area (Å²) in [5.41, 5.74) is 11.7. The van der Waals surface area contributed by atoms with E-state index in [2.05, 4.69) is 53.8 Å². The third kappa shape index (κ3) is 7.93. The van der Waals surface area contributed by atoms with Crippen molar-refractivity contribution in [3.8, 4) is 22.9 Å². The van der Waals surface area contributed by atoms with E-state index in [-0.39, 0.29) is 40.8 Å². The second-order valence-corrected chi connectivity index (χ2v) is 19.1. The van der Waals surface area contributed by atoms with E-state index in [1.807, 2.05) is 13.8 Å². The molecule has 2 atom stereocenters. The Hall–Kier alpha value is -5.42. The van der Waals surface area contributed by atoms with Gasteiger partial charge in [-0.3, -0.25) is 19.4 Å². The second kappa shape index (κ2) is 16.7.